The summed E-state index contributed by atoms with van der Waals surface area (Å²) in [6, 6.07) is 5.58. The van der Waals surface area contributed by atoms with Crippen molar-refractivity contribution in [3.8, 4) is 0 Å². The molecule has 0 fully saturated rings. The highest BCUT2D eigenvalue weighted by Gasteiger charge is 2.06. The largest absolute Gasteiger partial charge is 0.469 e. The molecule has 0 aliphatic heterocycles. The van der Waals surface area contributed by atoms with Crippen molar-refractivity contribution >= 4 is 23.5 Å². The summed E-state index contributed by atoms with van der Waals surface area (Å²) in [5, 5.41) is 0. The Balaban J connectivity index is 2.14. The number of esters is 1. The van der Waals surface area contributed by atoms with E-state index in [2.05, 4.69) is 4.74 Å². The van der Waals surface area contributed by atoms with Crippen molar-refractivity contribution in [3.05, 3.63) is 35.6 Å². The highest BCUT2D eigenvalue weighted by molar-refractivity contribution is 7.99. The lowest BCUT2D eigenvalue weighted by atomic mass is 10.1. The van der Waals surface area contributed by atoms with Crippen molar-refractivity contribution in [2.45, 2.75) is 19.3 Å². The van der Waals surface area contributed by atoms with Crippen molar-refractivity contribution in [1.82, 2.24) is 0 Å². The van der Waals surface area contributed by atoms with E-state index in [1.54, 1.807) is 11.8 Å². The average Bonchev–Trinajstić information content (AvgIpc) is 2.42. The fourth-order valence-corrected chi connectivity index (χ4v) is 2.34. The molecular formula is C14H17FO3S. The Kier molecular flexibility index (Phi) is 7.18. The predicted molar refractivity (Wildman–Crippen MR) is 73.9 cm³/mol. The first-order valence-corrected chi connectivity index (χ1v) is 7.22. The molecule has 5 heteroatoms. The van der Waals surface area contributed by atoms with Crippen LogP contribution in [-0.2, 0) is 9.53 Å². The van der Waals surface area contributed by atoms with Crippen LogP contribution in [0.4, 0.5) is 4.39 Å². The minimum Gasteiger partial charge on any atom is -0.469 e. The molecule has 1 rings (SSSR count). The van der Waals surface area contributed by atoms with Gasteiger partial charge in [0.05, 0.1) is 13.5 Å². The first-order chi connectivity index (χ1) is 9.13. The molecule has 0 aliphatic carbocycles. The number of hydrogen-bond acceptors (Lipinski definition) is 4. The predicted octanol–water partition coefficient (Wildman–Crippen LogP) is 3.08. The van der Waals surface area contributed by atoms with Gasteiger partial charge in [0.1, 0.15) is 5.82 Å². The van der Waals surface area contributed by atoms with Crippen molar-refractivity contribution in [1.29, 1.82) is 0 Å². The molecule has 19 heavy (non-hydrogen) atoms. The Hall–Kier alpha value is -1.36. The van der Waals surface area contributed by atoms with Gasteiger partial charge < -0.3 is 4.74 Å². The van der Waals surface area contributed by atoms with Gasteiger partial charge >= 0.3 is 5.97 Å². The fourth-order valence-electron chi connectivity index (χ4n) is 1.47. The number of carbonyl (C=O) groups excluding carboxylic acids is 2. The minimum absolute atomic E-state index is 0.0218. The zero-order valence-electron chi connectivity index (χ0n) is 10.9. The van der Waals surface area contributed by atoms with Gasteiger partial charge in [-0.2, -0.15) is 11.8 Å². The minimum atomic E-state index is -0.338. The Bertz CT molecular complexity index is 417. The second-order valence-corrected chi connectivity index (χ2v) is 5.20. The average molecular weight is 284 g/mol. The third-order valence-corrected chi connectivity index (χ3v) is 3.61. The number of methoxy groups -OCH3 is 1. The summed E-state index contributed by atoms with van der Waals surface area (Å²) in [7, 11) is 1.37. The number of benzene rings is 1. The lowest BCUT2D eigenvalue weighted by Crippen LogP contribution is -2.02. The molecule has 0 atom stereocenters. The van der Waals surface area contributed by atoms with Gasteiger partial charge in [-0.15, -0.1) is 0 Å². The zero-order chi connectivity index (χ0) is 14.1. The molecule has 0 spiro atoms. The Morgan fingerprint density at radius 1 is 1.16 bits per heavy atom. The van der Waals surface area contributed by atoms with E-state index >= 15 is 0 Å². The van der Waals surface area contributed by atoms with Crippen LogP contribution >= 0.6 is 11.8 Å². The third kappa shape index (κ3) is 6.38. The van der Waals surface area contributed by atoms with E-state index in [1.165, 1.54) is 31.4 Å². The van der Waals surface area contributed by atoms with E-state index in [9.17, 15) is 14.0 Å². The SMILES string of the molecule is COC(=O)CCSCCCC(=O)c1ccc(F)cc1. The molecule has 0 aromatic heterocycles. The zero-order valence-corrected chi connectivity index (χ0v) is 11.7. The number of carbonyl (C=O) groups is 2. The summed E-state index contributed by atoms with van der Waals surface area (Å²) in [6.45, 7) is 0. The van der Waals surface area contributed by atoms with Crippen LogP contribution in [-0.4, -0.2) is 30.4 Å². The van der Waals surface area contributed by atoms with Crippen LogP contribution in [0.1, 0.15) is 29.6 Å². The summed E-state index contributed by atoms with van der Waals surface area (Å²) in [5.41, 5.74) is 0.543. The molecule has 0 amide bonds. The molecule has 0 N–H and O–H groups in total. The number of Topliss-reactive ketones (excluding diaryl/α,β-unsaturated/α-hetero) is 1. The van der Waals surface area contributed by atoms with Crippen LogP contribution in [0.2, 0.25) is 0 Å². The maximum Gasteiger partial charge on any atom is 0.306 e. The summed E-state index contributed by atoms with van der Waals surface area (Å²) in [4.78, 5) is 22.6. The number of hydrogen-bond donors (Lipinski definition) is 0. The maximum absolute atomic E-state index is 12.7. The van der Waals surface area contributed by atoms with E-state index in [0.29, 0.717) is 24.2 Å². The van der Waals surface area contributed by atoms with Crippen molar-refractivity contribution in [3.63, 3.8) is 0 Å². The normalized spacial score (nSPS) is 10.2. The van der Waals surface area contributed by atoms with E-state index in [-0.39, 0.29) is 17.6 Å². The lowest BCUT2D eigenvalue weighted by Gasteiger charge is -2.02. The number of halogens is 1. The molecule has 0 aliphatic rings. The van der Waals surface area contributed by atoms with Gasteiger partial charge in [0.25, 0.3) is 0 Å². The van der Waals surface area contributed by atoms with Gasteiger partial charge in [-0.05, 0) is 36.4 Å². The molecule has 0 radical (unpaired) electrons. The van der Waals surface area contributed by atoms with Crippen molar-refractivity contribution < 1.29 is 18.7 Å². The first kappa shape index (κ1) is 15.7. The van der Waals surface area contributed by atoms with Crippen LogP contribution in [0.3, 0.4) is 0 Å². The number of thioether (sulfide) groups is 1. The number of ketones is 1. The summed E-state index contributed by atoms with van der Waals surface area (Å²) >= 11 is 1.62. The molecule has 1 aromatic carbocycles. The molecular weight excluding hydrogens is 267 g/mol. The van der Waals surface area contributed by atoms with E-state index in [0.717, 1.165) is 12.2 Å². The van der Waals surface area contributed by atoms with Crippen molar-refractivity contribution in [2.75, 3.05) is 18.6 Å². The number of rotatable bonds is 8. The van der Waals surface area contributed by atoms with E-state index in [4.69, 9.17) is 0 Å². The van der Waals surface area contributed by atoms with E-state index < -0.39 is 0 Å². The molecule has 0 heterocycles. The topological polar surface area (TPSA) is 43.4 Å². The quantitative estimate of drug-likeness (QED) is 0.418. The van der Waals surface area contributed by atoms with Crippen LogP contribution < -0.4 is 0 Å². The standard InChI is InChI=1S/C14H17FO3S/c1-18-14(17)8-10-19-9-2-3-13(16)11-4-6-12(15)7-5-11/h4-7H,2-3,8-10H2,1H3. The highest BCUT2D eigenvalue weighted by atomic mass is 32.2. The van der Waals surface area contributed by atoms with Gasteiger partial charge in [0, 0.05) is 17.7 Å². The molecule has 104 valence electrons. The summed E-state index contributed by atoms with van der Waals surface area (Å²) in [6.07, 6.45) is 1.59. The van der Waals surface area contributed by atoms with E-state index in [1.807, 2.05) is 0 Å². The smallest absolute Gasteiger partial charge is 0.306 e. The van der Waals surface area contributed by atoms with Crippen molar-refractivity contribution in [2.24, 2.45) is 0 Å². The molecule has 0 saturated heterocycles. The first-order valence-electron chi connectivity index (χ1n) is 6.07. The maximum atomic E-state index is 12.7. The van der Waals surface area contributed by atoms with Crippen LogP contribution in [0.25, 0.3) is 0 Å². The van der Waals surface area contributed by atoms with Gasteiger partial charge in [0.2, 0.25) is 0 Å². The van der Waals surface area contributed by atoms with Crippen LogP contribution in [0.15, 0.2) is 24.3 Å². The Labute approximate surface area is 116 Å². The molecule has 0 saturated carbocycles. The highest BCUT2D eigenvalue weighted by Crippen LogP contribution is 2.11. The number of ether oxygens (including phenoxy) is 1. The van der Waals surface area contributed by atoms with Gasteiger partial charge in [0.15, 0.2) is 5.78 Å². The lowest BCUT2D eigenvalue weighted by molar-refractivity contribution is -0.140. The molecule has 3 nitrogen and oxygen atoms in total. The van der Waals surface area contributed by atoms with Gasteiger partial charge in [-0.3, -0.25) is 9.59 Å². The second kappa shape index (κ2) is 8.69. The second-order valence-electron chi connectivity index (χ2n) is 3.97. The third-order valence-electron chi connectivity index (χ3n) is 2.54. The monoisotopic (exact) mass is 284 g/mol. The molecule has 0 unspecified atom stereocenters. The van der Waals surface area contributed by atoms with Gasteiger partial charge in [-0.1, -0.05) is 0 Å². The summed E-state index contributed by atoms with van der Waals surface area (Å²) < 4.78 is 17.2. The fraction of sp³-hybridized carbons (Fsp3) is 0.429. The van der Waals surface area contributed by atoms with Crippen LogP contribution in [0, 0.1) is 5.82 Å². The Morgan fingerprint density at radius 2 is 1.84 bits per heavy atom. The van der Waals surface area contributed by atoms with Crippen LogP contribution in [0.5, 0.6) is 0 Å². The summed E-state index contributed by atoms with van der Waals surface area (Å²) in [5.74, 6) is 1.000. The van der Waals surface area contributed by atoms with Gasteiger partial charge in [-0.25, -0.2) is 4.39 Å². The Morgan fingerprint density at radius 3 is 2.47 bits per heavy atom. The molecule has 1 aromatic rings. The molecule has 0 bridgehead atoms.